The molecule has 1 fully saturated rings. The standard InChI is InChI=1S/C19H28N4O3/c1-13(2)16(18(25)22-15-10-6-7-11-20-17(15)24)23-19(26)21-12-14-8-4-3-5-9-14/h3-5,8-9,13,15-16H,6-7,10-12H2,1-2H3,(H,20,24)(H,22,25)(H2,21,23,26). The van der Waals surface area contributed by atoms with E-state index in [0.29, 0.717) is 19.5 Å². The lowest BCUT2D eigenvalue weighted by atomic mass is 10.0. The van der Waals surface area contributed by atoms with E-state index in [1.807, 2.05) is 44.2 Å². The highest BCUT2D eigenvalue weighted by atomic mass is 16.2. The molecule has 2 atom stereocenters. The summed E-state index contributed by atoms with van der Waals surface area (Å²) >= 11 is 0. The first kappa shape index (κ1) is 19.8. The third kappa shape index (κ3) is 6.06. The van der Waals surface area contributed by atoms with Crippen LogP contribution >= 0.6 is 0 Å². The molecule has 1 aliphatic rings. The maximum atomic E-state index is 12.6. The zero-order chi connectivity index (χ0) is 18.9. The molecule has 4 N–H and O–H groups in total. The zero-order valence-corrected chi connectivity index (χ0v) is 15.4. The summed E-state index contributed by atoms with van der Waals surface area (Å²) in [6.07, 6.45) is 2.40. The van der Waals surface area contributed by atoms with Crippen LogP contribution in [-0.2, 0) is 16.1 Å². The molecular formula is C19H28N4O3. The van der Waals surface area contributed by atoms with E-state index < -0.39 is 18.1 Å². The second-order valence-electron chi connectivity index (χ2n) is 6.88. The molecule has 1 aromatic rings. The van der Waals surface area contributed by atoms with Crippen molar-refractivity contribution in [2.24, 2.45) is 5.92 Å². The van der Waals surface area contributed by atoms with Gasteiger partial charge in [-0.2, -0.15) is 0 Å². The van der Waals surface area contributed by atoms with E-state index in [2.05, 4.69) is 21.3 Å². The Morgan fingerprint density at radius 1 is 1.19 bits per heavy atom. The molecule has 0 radical (unpaired) electrons. The van der Waals surface area contributed by atoms with Gasteiger partial charge < -0.3 is 21.3 Å². The van der Waals surface area contributed by atoms with Gasteiger partial charge in [-0.1, -0.05) is 44.2 Å². The van der Waals surface area contributed by atoms with E-state index >= 15 is 0 Å². The van der Waals surface area contributed by atoms with Gasteiger partial charge in [-0.15, -0.1) is 0 Å². The minimum absolute atomic E-state index is 0.105. The highest BCUT2D eigenvalue weighted by molar-refractivity contribution is 5.92. The van der Waals surface area contributed by atoms with Crippen molar-refractivity contribution in [1.29, 1.82) is 0 Å². The quantitative estimate of drug-likeness (QED) is 0.615. The smallest absolute Gasteiger partial charge is 0.315 e. The van der Waals surface area contributed by atoms with Crippen molar-refractivity contribution >= 4 is 17.8 Å². The van der Waals surface area contributed by atoms with Crippen molar-refractivity contribution in [3.05, 3.63) is 35.9 Å². The SMILES string of the molecule is CC(C)C(NC(=O)NCc1ccccc1)C(=O)NC1CCCCNC1=O. The molecule has 7 nitrogen and oxygen atoms in total. The number of carbonyl (C=O) groups is 3. The Labute approximate surface area is 154 Å². The Morgan fingerprint density at radius 2 is 1.92 bits per heavy atom. The summed E-state index contributed by atoms with van der Waals surface area (Å²) in [6, 6.07) is 7.88. The largest absolute Gasteiger partial charge is 0.354 e. The lowest BCUT2D eigenvalue weighted by molar-refractivity contribution is -0.130. The van der Waals surface area contributed by atoms with Gasteiger partial charge in [-0.25, -0.2) is 4.79 Å². The molecule has 0 spiro atoms. The van der Waals surface area contributed by atoms with Crippen molar-refractivity contribution < 1.29 is 14.4 Å². The number of urea groups is 1. The summed E-state index contributed by atoms with van der Waals surface area (Å²) < 4.78 is 0. The second kappa shape index (κ2) is 9.79. The summed E-state index contributed by atoms with van der Waals surface area (Å²) in [5.41, 5.74) is 0.975. The first-order valence-corrected chi connectivity index (χ1v) is 9.13. The fourth-order valence-electron chi connectivity index (χ4n) is 2.84. The highest BCUT2D eigenvalue weighted by Crippen LogP contribution is 2.08. The van der Waals surface area contributed by atoms with Crippen LogP contribution in [0.1, 0.15) is 38.7 Å². The maximum absolute atomic E-state index is 12.6. The van der Waals surface area contributed by atoms with Crippen LogP contribution in [0.3, 0.4) is 0 Å². The average Bonchev–Trinajstić information content (AvgIpc) is 2.83. The highest BCUT2D eigenvalue weighted by Gasteiger charge is 2.29. The number of benzene rings is 1. The van der Waals surface area contributed by atoms with Crippen LogP contribution in [0.2, 0.25) is 0 Å². The lowest BCUT2D eigenvalue weighted by Gasteiger charge is -2.24. The number of rotatable bonds is 6. The van der Waals surface area contributed by atoms with E-state index in [4.69, 9.17) is 0 Å². The van der Waals surface area contributed by atoms with Crippen LogP contribution in [0.25, 0.3) is 0 Å². The van der Waals surface area contributed by atoms with E-state index in [1.54, 1.807) is 0 Å². The van der Waals surface area contributed by atoms with Crippen LogP contribution in [0.4, 0.5) is 4.79 Å². The van der Waals surface area contributed by atoms with Crippen LogP contribution in [0.15, 0.2) is 30.3 Å². The Balaban J connectivity index is 1.89. The van der Waals surface area contributed by atoms with Gasteiger partial charge in [0.05, 0.1) is 0 Å². The van der Waals surface area contributed by atoms with Crippen molar-refractivity contribution in [2.45, 2.75) is 51.7 Å². The molecule has 142 valence electrons. The Hall–Kier alpha value is -2.57. The van der Waals surface area contributed by atoms with E-state index in [9.17, 15) is 14.4 Å². The molecule has 1 heterocycles. The molecule has 0 aromatic heterocycles. The molecular weight excluding hydrogens is 332 g/mol. The van der Waals surface area contributed by atoms with Gasteiger partial charge in [0, 0.05) is 13.1 Å². The minimum Gasteiger partial charge on any atom is -0.354 e. The summed E-state index contributed by atoms with van der Waals surface area (Å²) in [4.78, 5) is 36.8. The third-order valence-corrected chi connectivity index (χ3v) is 4.38. The molecule has 2 rings (SSSR count). The summed E-state index contributed by atoms with van der Waals surface area (Å²) in [5, 5.41) is 11.0. The summed E-state index contributed by atoms with van der Waals surface area (Å²) in [5.74, 6) is -0.602. The predicted molar refractivity (Wildman–Crippen MR) is 99.2 cm³/mol. The van der Waals surface area contributed by atoms with Crippen LogP contribution in [-0.4, -0.2) is 36.5 Å². The first-order valence-electron chi connectivity index (χ1n) is 9.13. The number of nitrogens with one attached hydrogen (secondary N) is 4. The average molecular weight is 360 g/mol. The first-order chi connectivity index (χ1) is 12.5. The van der Waals surface area contributed by atoms with E-state index in [-0.39, 0.29) is 17.7 Å². The van der Waals surface area contributed by atoms with Gasteiger partial charge >= 0.3 is 6.03 Å². The maximum Gasteiger partial charge on any atom is 0.315 e. The molecule has 26 heavy (non-hydrogen) atoms. The Kier molecular flexibility index (Phi) is 7.44. The monoisotopic (exact) mass is 360 g/mol. The molecule has 2 unspecified atom stereocenters. The predicted octanol–water partition coefficient (Wildman–Crippen LogP) is 1.30. The molecule has 0 bridgehead atoms. The zero-order valence-electron chi connectivity index (χ0n) is 15.4. The van der Waals surface area contributed by atoms with Crippen molar-refractivity contribution in [1.82, 2.24) is 21.3 Å². The third-order valence-electron chi connectivity index (χ3n) is 4.38. The normalized spacial score (nSPS) is 18.4. The molecule has 0 aliphatic carbocycles. The van der Waals surface area contributed by atoms with E-state index in [0.717, 1.165) is 18.4 Å². The van der Waals surface area contributed by atoms with Gasteiger partial charge in [-0.05, 0) is 30.7 Å². The summed E-state index contributed by atoms with van der Waals surface area (Å²) in [6.45, 7) is 4.73. The van der Waals surface area contributed by atoms with Gasteiger partial charge in [0.2, 0.25) is 11.8 Å². The minimum atomic E-state index is -0.707. The molecule has 1 aromatic carbocycles. The van der Waals surface area contributed by atoms with Crippen LogP contribution in [0.5, 0.6) is 0 Å². The molecule has 7 heteroatoms. The molecule has 1 aliphatic heterocycles. The molecule has 4 amide bonds. The van der Waals surface area contributed by atoms with Crippen LogP contribution < -0.4 is 21.3 Å². The van der Waals surface area contributed by atoms with Gasteiger partial charge in [0.15, 0.2) is 0 Å². The summed E-state index contributed by atoms with van der Waals surface area (Å²) in [7, 11) is 0. The molecule has 1 saturated heterocycles. The van der Waals surface area contributed by atoms with Crippen LogP contribution in [0, 0.1) is 5.92 Å². The van der Waals surface area contributed by atoms with Crippen molar-refractivity contribution in [3.63, 3.8) is 0 Å². The number of hydrogen-bond donors (Lipinski definition) is 4. The fraction of sp³-hybridized carbons (Fsp3) is 0.526. The molecule has 0 saturated carbocycles. The fourth-order valence-corrected chi connectivity index (χ4v) is 2.84. The van der Waals surface area contributed by atoms with Crippen molar-refractivity contribution in [2.75, 3.05) is 6.54 Å². The Bertz CT molecular complexity index is 618. The topological polar surface area (TPSA) is 99.3 Å². The number of carbonyl (C=O) groups excluding carboxylic acids is 3. The van der Waals surface area contributed by atoms with Gasteiger partial charge in [-0.3, -0.25) is 9.59 Å². The van der Waals surface area contributed by atoms with Gasteiger partial charge in [0.25, 0.3) is 0 Å². The van der Waals surface area contributed by atoms with Gasteiger partial charge in [0.1, 0.15) is 12.1 Å². The second-order valence-corrected chi connectivity index (χ2v) is 6.88. The number of hydrogen-bond acceptors (Lipinski definition) is 3. The Morgan fingerprint density at radius 3 is 2.62 bits per heavy atom. The number of amides is 4. The van der Waals surface area contributed by atoms with Crippen molar-refractivity contribution in [3.8, 4) is 0 Å². The lowest BCUT2D eigenvalue weighted by Crippen LogP contribution is -2.56. The van der Waals surface area contributed by atoms with E-state index in [1.165, 1.54) is 0 Å².